The van der Waals surface area contributed by atoms with Crippen molar-refractivity contribution in [3.05, 3.63) is 64.9 Å². The summed E-state index contributed by atoms with van der Waals surface area (Å²) < 4.78 is 6.85. The van der Waals surface area contributed by atoms with Crippen molar-refractivity contribution in [3.63, 3.8) is 0 Å². The normalized spacial score (nSPS) is 15.8. The summed E-state index contributed by atoms with van der Waals surface area (Å²) in [7, 11) is 0. The molecule has 2 N–H and O–H groups in total. The molecule has 0 spiro atoms. The predicted octanol–water partition coefficient (Wildman–Crippen LogP) is 4.44. The molecule has 0 atom stereocenters. The number of rotatable bonds is 5. The molecule has 1 aliphatic heterocycles. The first-order valence-electron chi connectivity index (χ1n) is 11.5. The Labute approximate surface area is 201 Å². The van der Waals surface area contributed by atoms with E-state index < -0.39 is 5.60 Å². The molecule has 0 unspecified atom stereocenters. The van der Waals surface area contributed by atoms with E-state index in [9.17, 15) is 14.7 Å². The molecule has 5 rings (SSSR count). The maximum Gasteiger partial charge on any atom is 0.287 e. The van der Waals surface area contributed by atoms with E-state index in [1.165, 1.54) is 0 Å². The maximum atomic E-state index is 12.7. The molecule has 7 nitrogen and oxygen atoms in total. The first-order chi connectivity index (χ1) is 16.3. The Kier molecular flexibility index (Phi) is 5.87. The third kappa shape index (κ3) is 4.31. The fourth-order valence-corrected chi connectivity index (χ4v) is 5.34. The van der Waals surface area contributed by atoms with Gasteiger partial charge in [0, 0.05) is 24.4 Å². The Balaban J connectivity index is 1.27. The molecule has 0 aliphatic carbocycles. The Hall–Kier alpha value is -3.23. The second kappa shape index (κ2) is 8.85. The number of thiazole rings is 1. The average molecular weight is 478 g/mol. The highest BCUT2D eigenvalue weighted by atomic mass is 32.1. The third-order valence-electron chi connectivity index (χ3n) is 6.41. The smallest absolute Gasteiger partial charge is 0.287 e. The number of carbonyl (C=O) groups is 2. The minimum absolute atomic E-state index is 0.0484. The van der Waals surface area contributed by atoms with Gasteiger partial charge < -0.3 is 19.7 Å². The maximum absolute atomic E-state index is 12.7. The van der Waals surface area contributed by atoms with Crippen LogP contribution >= 0.6 is 11.3 Å². The highest BCUT2D eigenvalue weighted by molar-refractivity contribution is 7.18. The van der Waals surface area contributed by atoms with E-state index in [2.05, 4.69) is 10.3 Å². The first-order valence-corrected chi connectivity index (χ1v) is 12.3. The number of piperidine rings is 1. The molecule has 0 saturated carbocycles. The molecule has 1 fully saturated rings. The number of amides is 2. The van der Waals surface area contributed by atoms with E-state index in [0.29, 0.717) is 38.1 Å². The van der Waals surface area contributed by atoms with Crippen LogP contribution in [0.3, 0.4) is 0 Å². The zero-order chi connectivity index (χ0) is 23.9. The van der Waals surface area contributed by atoms with E-state index in [4.69, 9.17) is 4.42 Å². The number of aliphatic hydroxyl groups is 1. The number of fused-ring (bicyclic) bond motifs is 2. The van der Waals surface area contributed by atoms with Crippen molar-refractivity contribution in [2.24, 2.45) is 5.92 Å². The topological polar surface area (TPSA) is 95.7 Å². The van der Waals surface area contributed by atoms with Gasteiger partial charge in [-0.1, -0.05) is 32.0 Å². The SMILES string of the molecule is CC(C)C(=O)N1CCC(O)(c2ccc3oc(C(=O)NCc4nc5ccccc5s4)cc3c2)CC1. The summed E-state index contributed by atoms with van der Waals surface area (Å²) in [5.74, 6) is -0.0182. The van der Waals surface area contributed by atoms with Gasteiger partial charge in [-0.25, -0.2) is 4.98 Å². The zero-order valence-corrected chi connectivity index (χ0v) is 20.0. The number of carbonyl (C=O) groups excluding carboxylic acids is 2. The van der Waals surface area contributed by atoms with Gasteiger partial charge in [0.1, 0.15) is 10.6 Å². The van der Waals surface area contributed by atoms with Gasteiger partial charge in [-0.15, -0.1) is 11.3 Å². The fraction of sp³-hybridized carbons (Fsp3) is 0.346. The summed E-state index contributed by atoms with van der Waals surface area (Å²) in [4.78, 5) is 31.3. The molecule has 2 aromatic carbocycles. The number of likely N-dealkylation sites (tertiary alicyclic amines) is 1. The van der Waals surface area contributed by atoms with Crippen LogP contribution < -0.4 is 5.32 Å². The van der Waals surface area contributed by atoms with E-state index in [1.807, 2.05) is 55.1 Å². The summed E-state index contributed by atoms with van der Waals surface area (Å²) in [6.07, 6.45) is 0.953. The van der Waals surface area contributed by atoms with Crippen molar-refractivity contribution in [2.75, 3.05) is 13.1 Å². The van der Waals surface area contributed by atoms with Crippen molar-refractivity contribution >= 4 is 44.3 Å². The summed E-state index contributed by atoms with van der Waals surface area (Å²) in [5, 5.41) is 15.7. The lowest BCUT2D eigenvalue weighted by Gasteiger charge is -2.39. The van der Waals surface area contributed by atoms with Crippen molar-refractivity contribution in [2.45, 2.75) is 38.8 Å². The van der Waals surface area contributed by atoms with Gasteiger partial charge >= 0.3 is 0 Å². The van der Waals surface area contributed by atoms with E-state index >= 15 is 0 Å². The molecule has 0 radical (unpaired) electrons. The van der Waals surface area contributed by atoms with Crippen LogP contribution in [-0.2, 0) is 16.9 Å². The van der Waals surface area contributed by atoms with Gasteiger partial charge in [-0.05, 0) is 48.7 Å². The number of nitrogens with zero attached hydrogens (tertiary/aromatic N) is 2. The van der Waals surface area contributed by atoms with Gasteiger partial charge in [0.2, 0.25) is 5.91 Å². The summed E-state index contributed by atoms with van der Waals surface area (Å²) >= 11 is 1.55. The second-order valence-corrected chi connectivity index (χ2v) is 10.2. The van der Waals surface area contributed by atoms with Gasteiger partial charge in [0.05, 0.1) is 22.4 Å². The third-order valence-corrected chi connectivity index (χ3v) is 7.45. The lowest BCUT2D eigenvalue weighted by atomic mass is 9.84. The number of hydrogen-bond acceptors (Lipinski definition) is 6. The van der Waals surface area contributed by atoms with Gasteiger partial charge in [-0.3, -0.25) is 9.59 Å². The van der Waals surface area contributed by atoms with Crippen LogP contribution in [0.5, 0.6) is 0 Å². The lowest BCUT2D eigenvalue weighted by Crippen LogP contribution is -2.46. The quantitative estimate of drug-likeness (QED) is 0.443. The predicted molar refractivity (Wildman–Crippen MR) is 132 cm³/mol. The average Bonchev–Trinajstić information content (AvgIpc) is 3.46. The molecule has 0 bridgehead atoms. The Morgan fingerprint density at radius 2 is 1.94 bits per heavy atom. The van der Waals surface area contributed by atoms with Crippen LogP contribution in [0.25, 0.3) is 21.2 Å². The zero-order valence-electron chi connectivity index (χ0n) is 19.2. The minimum atomic E-state index is -1.01. The summed E-state index contributed by atoms with van der Waals surface area (Å²) in [6, 6.07) is 15.1. The van der Waals surface area contributed by atoms with Gasteiger partial charge in [0.15, 0.2) is 5.76 Å². The number of nitrogens with one attached hydrogen (secondary N) is 1. The molecule has 3 heterocycles. The highest BCUT2D eigenvalue weighted by Gasteiger charge is 2.36. The van der Waals surface area contributed by atoms with Crippen LogP contribution in [0.15, 0.2) is 52.9 Å². The molecule has 34 heavy (non-hydrogen) atoms. The molecule has 2 aromatic heterocycles. The molecule has 4 aromatic rings. The van der Waals surface area contributed by atoms with E-state index in [1.54, 1.807) is 23.5 Å². The van der Waals surface area contributed by atoms with E-state index in [0.717, 1.165) is 26.2 Å². The Morgan fingerprint density at radius 1 is 1.18 bits per heavy atom. The number of hydrogen-bond donors (Lipinski definition) is 2. The number of benzene rings is 2. The monoisotopic (exact) mass is 477 g/mol. The largest absolute Gasteiger partial charge is 0.451 e. The van der Waals surface area contributed by atoms with Crippen LogP contribution in [0.1, 0.15) is 47.8 Å². The van der Waals surface area contributed by atoms with E-state index in [-0.39, 0.29) is 23.5 Å². The van der Waals surface area contributed by atoms with Crippen molar-refractivity contribution in [1.29, 1.82) is 0 Å². The number of aromatic nitrogens is 1. The van der Waals surface area contributed by atoms with Crippen molar-refractivity contribution < 1.29 is 19.1 Å². The van der Waals surface area contributed by atoms with Crippen LogP contribution in [0, 0.1) is 5.92 Å². The Bertz CT molecular complexity index is 1330. The molecule has 1 aliphatic rings. The molecular formula is C26H27N3O4S. The molecule has 2 amide bonds. The summed E-state index contributed by atoms with van der Waals surface area (Å²) in [6.45, 7) is 5.16. The first kappa shape index (κ1) is 22.6. The van der Waals surface area contributed by atoms with Crippen molar-refractivity contribution in [1.82, 2.24) is 15.2 Å². The lowest BCUT2D eigenvalue weighted by molar-refractivity contribution is -0.139. The minimum Gasteiger partial charge on any atom is -0.451 e. The molecule has 8 heteroatoms. The van der Waals surface area contributed by atoms with Gasteiger partial charge in [0.25, 0.3) is 5.91 Å². The molecule has 176 valence electrons. The molecule has 1 saturated heterocycles. The fourth-order valence-electron chi connectivity index (χ4n) is 4.43. The van der Waals surface area contributed by atoms with Crippen LogP contribution in [-0.4, -0.2) is 39.9 Å². The highest BCUT2D eigenvalue weighted by Crippen LogP contribution is 2.35. The van der Waals surface area contributed by atoms with Crippen LogP contribution in [0.4, 0.5) is 0 Å². The standard InChI is InChI=1S/C26H27N3O4S/c1-16(2)25(31)29-11-9-26(32,10-12-29)18-7-8-20-17(13-18)14-21(33-20)24(30)27-15-23-28-19-5-3-4-6-22(19)34-23/h3-8,13-14,16,32H,9-12,15H2,1-2H3,(H,27,30). The second-order valence-electron chi connectivity index (χ2n) is 9.13. The number of furan rings is 1. The van der Waals surface area contributed by atoms with Crippen molar-refractivity contribution in [3.8, 4) is 0 Å². The van der Waals surface area contributed by atoms with Crippen LogP contribution in [0.2, 0.25) is 0 Å². The number of para-hydroxylation sites is 1. The summed E-state index contributed by atoms with van der Waals surface area (Å²) in [5.41, 5.74) is 1.28. The van der Waals surface area contributed by atoms with Gasteiger partial charge in [-0.2, -0.15) is 0 Å². The molecular weight excluding hydrogens is 450 g/mol. The Morgan fingerprint density at radius 3 is 2.68 bits per heavy atom.